The summed E-state index contributed by atoms with van der Waals surface area (Å²) >= 11 is 0. The van der Waals surface area contributed by atoms with Gasteiger partial charge in [0.15, 0.2) is 0 Å². The Balaban J connectivity index is 1.92. The van der Waals surface area contributed by atoms with Gasteiger partial charge in [-0.25, -0.2) is 0 Å². The Bertz CT molecular complexity index is 171. The van der Waals surface area contributed by atoms with Gasteiger partial charge >= 0.3 is 0 Å². The molecule has 0 aromatic heterocycles. The zero-order chi connectivity index (χ0) is 9.26. The lowest BCUT2D eigenvalue weighted by atomic mass is 9.84. The van der Waals surface area contributed by atoms with E-state index < -0.39 is 0 Å². The van der Waals surface area contributed by atoms with Crippen molar-refractivity contribution in [1.82, 2.24) is 4.90 Å². The van der Waals surface area contributed by atoms with Crippen LogP contribution in [0.3, 0.4) is 0 Å². The highest BCUT2D eigenvalue weighted by molar-refractivity contribution is 4.93. The number of fused-ring (bicyclic) bond motifs is 1. The van der Waals surface area contributed by atoms with Crippen LogP contribution in [0.1, 0.15) is 32.6 Å². The predicted molar refractivity (Wildman–Crippen MR) is 53.6 cm³/mol. The van der Waals surface area contributed by atoms with Gasteiger partial charge in [-0.15, -0.1) is 0 Å². The molecule has 0 aliphatic carbocycles. The van der Waals surface area contributed by atoms with Crippen LogP contribution < -0.4 is 0 Å². The molecule has 0 spiro atoms. The lowest BCUT2D eigenvalue weighted by Crippen LogP contribution is -2.29. The minimum absolute atomic E-state index is 0.365. The van der Waals surface area contributed by atoms with Crippen LogP contribution >= 0.6 is 0 Å². The topological polar surface area (TPSA) is 23.5 Å². The summed E-state index contributed by atoms with van der Waals surface area (Å²) in [6.07, 6.45) is 5.16. The molecule has 13 heavy (non-hydrogen) atoms. The monoisotopic (exact) mass is 183 g/mol. The van der Waals surface area contributed by atoms with Crippen LogP contribution in [-0.4, -0.2) is 35.7 Å². The predicted octanol–water partition coefficient (Wildman–Crippen LogP) is 1.49. The van der Waals surface area contributed by atoms with Crippen molar-refractivity contribution in [3.05, 3.63) is 0 Å². The van der Waals surface area contributed by atoms with E-state index in [9.17, 15) is 0 Å². The highest BCUT2D eigenvalue weighted by atomic mass is 16.3. The van der Waals surface area contributed by atoms with E-state index in [-0.39, 0.29) is 0 Å². The summed E-state index contributed by atoms with van der Waals surface area (Å²) in [7, 11) is 0. The number of rotatable bonds is 3. The lowest BCUT2D eigenvalue weighted by Gasteiger charge is -2.25. The molecule has 2 rings (SSSR count). The molecular formula is C11H21NO. The molecule has 0 aromatic rings. The number of nitrogens with zero attached hydrogens (tertiary/aromatic N) is 1. The standard InChI is InChI=1S/C11H21NO/c1-9(5-8-13)10-4-7-12-6-2-3-11(10)12/h9-11,13H,2-8H2,1H3. The minimum Gasteiger partial charge on any atom is -0.396 e. The number of hydrogen-bond donors (Lipinski definition) is 1. The van der Waals surface area contributed by atoms with Gasteiger partial charge in [-0.05, 0) is 50.6 Å². The van der Waals surface area contributed by atoms with Gasteiger partial charge in [0.1, 0.15) is 0 Å². The Labute approximate surface area is 80.9 Å². The van der Waals surface area contributed by atoms with Crippen LogP contribution in [0.2, 0.25) is 0 Å². The van der Waals surface area contributed by atoms with Crippen molar-refractivity contribution >= 4 is 0 Å². The zero-order valence-electron chi connectivity index (χ0n) is 8.58. The summed E-state index contributed by atoms with van der Waals surface area (Å²) in [6.45, 7) is 5.31. The van der Waals surface area contributed by atoms with Gasteiger partial charge in [0, 0.05) is 12.6 Å². The maximum atomic E-state index is 8.92. The number of hydrogen-bond acceptors (Lipinski definition) is 2. The highest BCUT2D eigenvalue weighted by Crippen LogP contribution is 2.37. The van der Waals surface area contributed by atoms with Gasteiger partial charge < -0.3 is 10.0 Å². The summed E-state index contributed by atoms with van der Waals surface area (Å²) in [5.74, 6) is 1.59. The molecule has 2 fully saturated rings. The van der Waals surface area contributed by atoms with Crippen molar-refractivity contribution in [3.63, 3.8) is 0 Å². The van der Waals surface area contributed by atoms with Crippen molar-refractivity contribution in [2.45, 2.75) is 38.6 Å². The van der Waals surface area contributed by atoms with E-state index in [0.29, 0.717) is 6.61 Å². The molecular weight excluding hydrogens is 162 g/mol. The van der Waals surface area contributed by atoms with Crippen LogP contribution in [0.15, 0.2) is 0 Å². The van der Waals surface area contributed by atoms with Crippen LogP contribution in [0.25, 0.3) is 0 Å². The van der Waals surface area contributed by atoms with Crippen LogP contribution in [0.5, 0.6) is 0 Å². The average Bonchev–Trinajstić information content (AvgIpc) is 2.62. The van der Waals surface area contributed by atoms with Gasteiger partial charge in [-0.3, -0.25) is 0 Å². The fourth-order valence-electron chi connectivity index (χ4n) is 3.20. The van der Waals surface area contributed by atoms with Crippen molar-refractivity contribution in [1.29, 1.82) is 0 Å². The first-order valence-electron chi connectivity index (χ1n) is 5.68. The van der Waals surface area contributed by atoms with E-state index in [4.69, 9.17) is 5.11 Å². The van der Waals surface area contributed by atoms with Crippen molar-refractivity contribution < 1.29 is 5.11 Å². The maximum absolute atomic E-state index is 8.92. The lowest BCUT2D eigenvalue weighted by molar-refractivity contribution is 0.199. The van der Waals surface area contributed by atoms with Crippen LogP contribution in [-0.2, 0) is 0 Å². The van der Waals surface area contributed by atoms with Crippen LogP contribution in [0.4, 0.5) is 0 Å². The Kier molecular flexibility index (Phi) is 2.89. The van der Waals surface area contributed by atoms with E-state index in [1.54, 1.807) is 0 Å². The Morgan fingerprint density at radius 2 is 2.23 bits per heavy atom. The molecule has 76 valence electrons. The SMILES string of the molecule is CC(CCO)C1CCN2CCCC12. The molecule has 0 aromatic carbocycles. The van der Waals surface area contributed by atoms with Crippen molar-refractivity contribution in [2.24, 2.45) is 11.8 Å². The first-order chi connectivity index (χ1) is 6.33. The molecule has 0 amide bonds. The molecule has 1 N–H and O–H groups in total. The summed E-state index contributed by atoms with van der Waals surface area (Å²) in [5, 5.41) is 8.92. The molecule has 2 heterocycles. The third-order valence-electron chi connectivity index (χ3n) is 3.97. The second-order valence-corrected chi connectivity index (χ2v) is 4.69. The first-order valence-corrected chi connectivity index (χ1v) is 5.68. The Morgan fingerprint density at radius 1 is 1.38 bits per heavy atom. The molecule has 0 radical (unpaired) electrons. The van der Waals surface area contributed by atoms with E-state index in [0.717, 1.165) is 24.3 Å². The molecule has 3 unspecified atom stereocenters. The fraction of sp³-hybridized carbons (Fsp3) is 1.00. The quantitative estimate of drug-likeness (QED) is 0.716. The Morgan fingerprint density at radius 3 is 3.00 bits per heavy atom. The molecule has 2 saturated heterocycles. The van der Waals surface area contributed by atoms with E-state index in [1.807, 2.05) is 0 Å². The third-order valence-corrected chi connectivity index (χ3v) is 3.97. The highest BCUT2D eigenvalue weighted by Gasteiger charge is 2.39. The van der Waals surface area contributed by atoms with Crippen LogP contribution in [0, 0.1) is 11.8 Å². The van der Waals surface area contributed by atoms with E-state index in [1.165, 1.54) is 32.4 Å². The molecule has 0 saturated carbocycles. The van der Waals surface area contributed by atoms with Gasteiger partial charge in [-0.1, -0.05) is 6.92 Å². The first kappa shape index (κ1) is 9.47. The summed E-state index contributed by atoms with van der Waals surface area (Å²) in [4.78, 5) is 2.65. The number of aliphatic hydroxyl groups is 1. The van der Waals surface area contributed by atoms with Crippen molar-refractivity contribution in [3.8, 4) is 0 Å². The van der Waals surface area contributed by atoms with Gasteiger partial charge in [0.05, 0.1) is 0 Å². The van der Waals surface area contributed by atoms with Gasteiger partial charge in [0.25, 0.3) is 0 Å². The van der Waals surface area contributed by atoms with E-state index >= 15 is 0 Å². The second-order valence-electron chi connectivity index (χ2n) is 4.69. The maximum Gasteiger partial charge on any atom is 0.0433 e. The van der Waals surface area contributed by atoms with Crippen molar-refractivity contribution in [2.75, 3.05) is 19.7 Å². The molecule has 2 aliphatic heterocycles. The fourth-order valence-corrected chi connectivity index (χ4v) is 3.20. The molecule has 0 bridgehead atoms. The molecule has 2 aliphatic rings. The molecule has 2 heteroatoms. The smallest absolute Gasteiger partial charge is 0.0433 e. The van der Waals surface area contributed by atoms with E-state index in [2.05, 4.69) is 11.8 Å². The minimum atomic E-state index is 0.365. The number of aliphatic hydroxyl groups excluding tert-OH is 1. The summed E-state index contributed by atoms with van der Waals surface area (Å²) in [5.41, 5.74) is 0. The average molecular weight is 183 g/mol. The Hall–Kier alpha value is -0.0800. The molecule has 3 atom stereocenters. The normalized spacial score (nSPS) is 36.5. The van der Waals surface area contributed by atoms with Gasteiger partial charge in [-0.2, -0.15) is 0 Å². The third kappa shape index (κ3) is 1.75. The van der Waals surface area contributed by atoms with Gasteiger partial charge in [0.2, 0.25) is 0 Å². The summed E-state index contributed by atoms with van der Waals surface area (Å²) < 4.78 is 0. The zero-order valence-corrected chi connectivity index (χ0v) is 8.58. The largest absolute Gasteiger partial charge is 0.396 e. The molecule has 2 nitrogen and oxygen atoms in total. The summed E-state index contributed by atoms with van der Waals surface area (Å²) in [6, 6.07) is 0.863. The second kappa shape index (κ2) is 3.97.